The standard InChI is InChI=1S/C7H10F3NO/c8-7(9,10)6(12)2-1-4-3-11-5(4)6/h4-5,11-12H,1-3H2. The van der Waals surface area contributed by atoms with Crippen LogP contribution >= 0.6 is 0 Å². The van der Waals surface area contributed by atoms with Crippen molar-refractivity contribution in [2.75, 3.05) is 6.54 Å². The van der Waals surface area contributed by atoms with Crippen molar-refractivity contribution in [2.24, 2.45) is 5.92 Å². The maximum atomic E-state index is 12.3. The Kier molecular flexibility index (Phi) is 1.48. The topological polar surface area (TPSA) is 32.3 Å². The second-order valence-electron chi connectivity index (χ2n) is 3.61. The molecule has 0 aromatic rings. The molecule has 0 radical (unpaired) electrons. The SMILES string of the molecule is OC1(C(F)(F)F)CCC2CNC21. The van der Waals surface area contributed by atoms with Gasteiger partial charge in [-0.05, 0) is 25.3 Å². The molecular weight excluding hydrogens is 171 g/mol. The molecule has 2 N–H and O–H groups in total. The van der Waals surface area contributed by atoms with Crippen LogP contribution in [0.5, 0.6) is 0 Å². The van der Waals surface area contributed by atoms with Crippen molar-refractivity contribution >= 4 is 0 Å². The highest BCUT2D eigenvalue weighted by atomic mass is 19.4. The van der Waals surface area contributed by atoms with Gasteiger partial charge in [-0.1, -0.05) is 0 Å². The summed E-state index contributed by atoms with van der Waals surface area (Å²) in [5, 5.41) is 12.0. The third kappa shape index (κ3) is 0.835. The number of alkyl halides is 3. The van der Waals surface area contributed by atoms with Crippen LogP contribution in [-0.2, 0) is 0 Å². The maximum Gasteiger partial charge on any atom is 0.418 e. The Labute approximate surface area is 67.8 Å². The summed E-state index contributed by atoms with van der Waals surface area (Å²) in [6.45, 7) is 0.614. The molecule has 2 fully saturated rings. The molecule has 0 aromatic carbocycles. The van der Waals surface area contributed by atoms with E-state index >= 15 is 0 Å². The van der Waals surface area contributed by atoms with E-state index in [4.69, 9.17) is 0 Å². The molecule has 0 aromatic heterocycles. The summed E-state index contributed by atoms with van der Waals surface area (Å²) in [6.07, 6.45) is -4.16. The van der Waals surface area contributed by atoms with Crippen LogP contribution in [0.1, 0.15) is 12.8 Å². The molecule has 12 heavy (non-hydrogen) atoms. The lowest BCUT2D eigenvalue weighted by atomic mass is 9.87. The maximum absolute atomic E-state index is 12.3. The summed E-state index contributed by atoms with van der Waals surface area (Å²) in [7, 11) is 0. The molecule has 1 heterocycles. The van der Waals surface area contributed by atoms with Crippen molar-refractivity contribution in [1.29, 1.82) is 0 Å². The molecule has 0 amide bonds. The largest absolute Gasteiger partial charge is 0.418 e. The summed E-state index contributed by atoms with van der Waals surface area (Å²) in [5.41, 5.74) is -2.46. The van der Waals surface area contributed by atoms with Crippen LogP contribution in [0.2, 0.25) is 0 Å². The molecule has 1 saturated carbocycles. The van der Waals surface area contributed by atoms with Gasteiger partial charge in [-0.2, -0.15) is 13.2 Å². The second kappa shape index (κ2) is 2.14. The third-order valence-corrected chi connectivity index (χ3v) is 2.97. The quantitative estimate of drug-likeness (QED) is 0.575. The van der Waals surface area contributed by atoms with Crippen LogP contribution in [0.15, 0.2) is 0 Å². The van der Waals surface area contributed by atoms with Crippen LogP contribution in [-0.4, -0.2) is 29.5 Å². The van der Waals surface area contributed by atoms with Gasteiger partial charge < -0.3 is 10.4 Å². The number of hydrogen-bond acceptors (Lipinski definition) is 2. The Morgan fingerprint density at radius 3 is 2.33 bits per heavy atom. The van der Waals surface area contributed by atoms with Gasteiger partial charge in [-0.15, -0.1) is 0 Å². The minimum atomic E-state index is -4.49. The van der Waals surface area contributed by atoms with E-state index in [1.165, 1.54) is 0 Å². The van der Waals surface area contributed by atoms with Gasteiger partial charge >= 0.3 is 6.18 Å². The van der Waals surface area contributed by atoms with E-state index in [1.54, 1.807) is 0 Å². The lowest BCUT2D eigenvalue weighted by Crippen LogP contribution is -2.65. The van der Waals surface area contributed by atoms with Gasteiger partial charge in [0.05, 0.1) is 0 Å². The first kappa shape index (κ1) is 8.31. The highest BCUT2D eigenvalue weighted by Gasteiger charge is 2.65. The molecule has 70 valence electrons. The van der Waals surface area contributed by atoms with Gasteiger partial charge in [-0.25, -0.2) is 0 Å². The van der Waals surface area contributed by atoms with Crippen LogP contribution in [0.4, 0.5) is 13.2 Å². The minimum Gasteiger partial charge on any atom is -0.379 e. The summed E-state index contributed by atoms with van der Waals surface area (Å²) < 4.78 is 36.9. The number of fused-ring (bicyclic) bond motifs is 1. The molecule has 2 rings (SSSR count). The average Bonchev–Trinajstić information content (AvgIpc) is 2.01. The second-order valence-corrected chi connectivity index (χ2v) is 3.61. The molecule has 3 atom stereocenters. The van der Waals surface area contributed by atoms with Gasteiger partial charge in [0.15, 0.2) is 5.60 Å². The van der Waals surface area contributed by atoms with E-state index < -0.39 is 17.8 Å². The zero-order valence-corrected chi connectivity index (χ0v) is 6.36. The van der Waals surface area contributed by atoms with Crippen LogP contribution in [0.3, 0.4) is 0 Å². The summed E-state index contributed by atoms with van der Waals surface area (Å²) in [6, 6.07) is -0.752. The average molecular weight is 181 g/mol. The first-order valence-electron chi connectivity index (χ1n) is 3.97. The van der Waals surface area contributed by atoms with Crippen LogP contribution in [0.25, 0.3) is 0 Å². The highest BCUT2D eigenvalue weighted by molar-refractivity contribution is 5.11. The van der Waals surface area contributed by atoms with Crippen LogP contribution < -0.4 is 5.32 Å². The van der Waals surface area contributed by atoms with Gasteiger partial charge in [0.1, 0.15) is 0 Å². The Bertz CT molecular complexity index is 205. The zero-order valence-electron chi connectivity index (χ0n) is 6.36. The normalized spacial score (nSPS) is 47.0. The summed E-state index contributed by atoms with van der Waals surface area (Å²) in [5.74, 6) is 0.0247. The molecule has 0 spiro atoms. The first-order chi connectivity index (χ1) is 5.45. The van der Waals surface area contributed by atoms with Gasteiger partial charge in [0.2, 0.25) is 0 Å². The van der Waals surface area contributed by atoms with Gasteiger partial charge in [0.25, 0.3) is 0 Å². The van der Waals surface area contributed by atoms with Crippen LogP contribution in [0, 0.1) is 5.92 Å². The van der Waals surface area contributed by atoms with Crippen molar-refractivity contribution in [3.05, 3.63) is 0 Å². The Morgan fingerprint density at radius 1 is 1.42 bits per heavy atom. The Hall–Kier alpha value is -0.290. The zero-order chi connectivity index (χ0) is 8.98. The summed E-state index contributed by atoms with van der Waals surface area (Å²) >= 11 is 0. The van der Waals surface area contributed by atoms with E-state index in [1.807, 2.05) is 0 Å². The lowest BCUT2D eigenvalue weighted by Gasteiger charge is -2.41. The molecule has 3 unspecified atom stereocenters. The van der Waals surface area contributed by atoms with Crippen molar-refractivity contribution in [1.82, 2.24) is 5.32 Å². The molecule has 5 heteroatoms. The fourth-order valence-corrected chi connectivity index (χ4v) is 2.11. The molecule has 2 nitrogen and oxygen atoms in total. The summed E-state index contributed by atoms with van der Waals surface area (Å²) in [4.78, 5) is 0. The van der Waals surface area contributed by atoms with Gasteiger partial charge in [0, 0.05) is 6.04 Å². The molecular formula is C7H10F3NO. The Morgan fingerprint density at radius 2 is 2.08 bits per heavy atom. The smallest absolute Gasteiger partial charge is 0.379 e. The third-order valence-electron chi connectivity index (χ3n) is 2.97. The van der Waals surface area contributed by atoms with E-state index in [9.17, 15) is 18.3 Å². The molecule has 0 bridgehead atoms. The lowest BCUT2D eigenvalue weighted by molar-refractivity contribution is -0.270. The van der Waals surface area contributed by atoms with Crippen molar-refractivity contribution in [2.45, 2.75) is 30.7 Å². The first-order valence-corrected chi connectivity index (χ1v) is 3.97. The Balaban J connectivity index is 2.21. The number of halogens is 3. The van der Waals surface area contributed by atoms with E-state index in [2.05, 4.69) is 5.32 Å². The van der Waals surface area contributed by atoms with Crippen molar-refractivity contribution in [3.8, 4) is 0 Å². The van der Waals surface area contributed by atoms with Crippen molar-refractivity contribution in [3.63, 3.8) is 0 Å². The van der Waals surface area contributed by atoms with E-state index in [-0.39, 0.29) is 12.3 Å². The minimum absolute atomic E-state index is 0.0247. The predicted octanol–water partition coefficient (Wildman–Crippen LogP) is 0.662. The van der Waals surface area contributed by atoms with E-state index in [0.29, 0.717) is 13.0 Å². The number of nitrogens with one attached hydrogen (secondary N) is 1. The monoisotopic (exact) mass is 181 g/mol. The number of rotatable bonds is 0. The van der Waals surface area contributed by atoms with Crippen molar-refractivity contribution < 1.29 is 18.3 Å². The highest BCUT2D eigenvalue weighted by Crippen LogP contribution is 2.48. The molecule has 1 aliphatic carbocycles. The predicted molar refractivity (Wildman–Crippen MR) is 35.5 cm³/mol. The molecule has 2 aliphatic rings. The fourth-order valence-electron chi connectivity index (χ4n) is 2.11. The molecule has 1 aliphatic heterocycles. The number of aliphatic hydroxyl groups is 1. The fraction of sp³-hybridized carbons (Fsp3) is 1.00. The molecule has 1 saturated heterocycles. The number of hydrogen-bond donors (Lipinski definition) is 2. The van der Waals surface area contributed by atoms with E-state index in [0.717, 1.165) is 0 Å². The van der Waals surface area contributed by atoms with Gasteiger partial charge in [-0.3, -0.25) is 0 Å².